The summed E-state index contributed by atoms with van der Waals surface area (Å²) in [5.41, 5.74) is 1.88. The quantitative estimate of drug-likeness (QED) is 0.779. The number of halogens is 1. The van der Waals surface area contributed by atoms with Gasteiger partial charge in [-0.3, -0.25) is 0 Å². The van der Waals surface area contributed by atoms with Crippen molar-refractivity contribution in [1.82, 2.24) is 5.32 Å². The number of carbonyl (C=O) groups is 1. The third-order valence-electron chi connectivity index (χ3n) is 1.77. The number of hydrogen-bond acceptors (Lipinski definition) is 2. The van der Waals surface area contributed by atoms with Crippen molar-refractivity contribution in [3.8, 4) is 5.75 Å². The second-order valence-electron chi connectivity index (χ2n) is 3.03. The van der Waals surface area contributed by atoms with Crippen LogP contribution in [0.5, 0.6) is 5.75 Å². The minimum atomic E-state index is -0.515. The van der Waals surface area contributed by atoms with Gasteiger partial charge in [0.25, 0.3) is 0 Å². The van der Waals surface area contributed by atoms with Crippen molar-refractivity contribution >= 4 is 17.7 Å². The molecule has 0 aliphatic heterocycles. The molecule has 0 fully saturated rings. The maximum atomic E-state index is 11.0. The summed E-state index contributed by atoms with van der Waals surface area (Å²) < 4.78 is 5.00. The zero-order valence-electron chi connectivity index (χ0n) is 8.35. The fraction of sp³-hybridized carbons (Fsp3) is 0.300. The Kier molecular flexibility index (Phi) is 3.36. The smallest absolute Gasteiger partial charge is 0.408 e. The van der Waals surface area contributed by atoms with E-state index < -0.39 is 6.09 Å². The Morgan fingerprint density at radius 1 is 1.43 bits per heavy atom. The summed E-state index contributed by atoms with van der Waals surface area (Å²) in [6, 6.07) is 3.66. The molecule has 14 heavy (non-hydrogen) atoms. The van der Waals surface area contributed by atoms with Gasteiger partial charge in [0.05, 0.1) is 5.02 Å². The van der Waals surface area contributed by atoms with Gasteiger partial charge < -0.3 is 10.1 Å². The van der Waals surface area contributed by atoms with E-state index in [1.54, 1.807) is 6.07 Å². The van der Waals surface area contributed by atoms with Gasteiger partial charge in [-0.15, -0.1) is 0 Å². The highest BCUT2D eigenvalue weighted by molar-refractivity contribution is 6.32. The van der Waals surface area contributed by atoms with Crippen molar-refractivity contribution in [2.75, 3.05) is 7.05 Å². The number of benzene rings is 1. The van der Waals surface area contributed by atoms with Gasteiger partial charge in [0, 0.05) is 7.05 Å². The van der Waals surface area contributed by atoms with Crippen molar-refractivity contribution in [1.29, 1.82) is 0 Å². The Bertz CT molecular complexity index is 340. The molecule has 0 saturated heterocycles. The molecule has 1 aromatic rings. The summed E-state index contributed by atoms with van der Waals surface area (Å²) in [5, 5.41) is 2.81. The number of rotatable bonds is 1. The zero-order chi connectivity index (χ0) is 10.7. The Hall–Kier alpha value is -1.22. The lowest BCUT2D eigenvalue weighted by Crippen LogP contribution is -2.22. The molecule has 1 amide bonds. The van der Waals surface area contributed by atoms with Gasteiger partial charge in [-0.05, 0) is 31.0 Å². The van der Waals surface area contributed by atoms with Crippen LogP contribution in [0, 0.1) is 13.8 Å². The van der Waals surface area contributed by atoms with Crippen LogP contribution in [0.2, 0.25) is 5.02 Å². The van der Waals surface area contributed by atoms with Gasteiger partial charge in [0.2, 0.25) is 0 Å². The third-order valence-corrected chi connectivity index (χ3v) is 2.05. The fourth-order valence-electron chi connectivity index (χ4n) is 1.18. The first-order valence-electron chi connectivity index (χ1n) is 4.21. The zero-order valence-corrected chi connectivity index (χ0v) is 9.11. The molecular weight excluding hydrogens is 202 g/mol. The Balaban J connectivity index is 3.02. The average molecular weight is 214 g/mol. The van der Waals surface area contributed by atoms with Crippen LogP contribution in [-0.4, -0.2) is 13.1 Å². The summed E-state index contributed by atoms with van der Waals surface area (Å²) in [5.74, 6) is 0.414. The lowest BCUT2D eigenvalue weighted by Gasteiger charge is -2.09. The maximum Gasteiger partial charge on any atom is 0.412 e. The largest absolute Gasteiger partial charge is 0.412 e. The normalized spacial score (nSPS) is 9.71. The fourth-order valence-corrected chi connectivity index (χ4v) is 1.54. The van der Waals surface area contributed by atoms with Crippen LogP contribution in [0.4, 0.5) is 4.79 Å². The van der Waals surface area contributed by atoms with E-state index in [9.17, 15) is 4.79 Å². The van der Waals surface area contributed by atoms with Crippen LogP contribution in [0.1, 0.15) is 11.1 Å². The predicted molar refractivity (Wildman–Crippen MR) is 56.0 cm³/mol. The maximum absolute atomic E-state index is 11.0. The minimum absolute atomic E-state index is 0.414. The van der Waals surface area contributed by atoms with Gasteiger partial charge >= 0.3 is 6.09 Å². The van der Waals surface area contributed by atoms with Crippen molar-refractivity contribution in [3.05, 3.63) is 28.3 Å². The van der Waals surface area contributed by atoms with Crippen LogP contribution >= 0.6 is 11.6 Å². The molecule has 1 rings (SSSR count). The molecule has 0 saturated carbocycles. The Morgan fingerprint density at radius 2 is 2.07 bits per heavy atom. The summed E-state index contributed by atoms with van der Waals surface area (Å²) in [4.78, 5) is 11.0. The highest BCUT2D eigenvalue weighted by atomic mass is 35.5. The summed E-state index contributed by atoms with van der Waals surface area (Å²) in [6.45, 7) is 3.78. The summed E-state index contributed by atoms with van der Waals surface area (Å²) >= 11 is 5.93. The number of amides is 1. The van der Waals surface area contributed by atoms with E-state index >= 15 is 0 Å². The highest BCUT2D eigenvalue weighted by Gasteiger charge is 2.10. The first kappa shape index (κ1) is 10.9. The second-order valence-corrected chi connectivity index (χ2v) is 3.44. The number of ether oxygens (including phenoxy) is 1. The molecule has 0 bridgehead atoms. The van der Waals surface area contributed by atoms with Gasteiger partial charge in [0.15, 0.2) is 5.75 Å². The Labute approximate surface area is 88.0 Å². The average Bonchev–Trinajstić information content (AvgIpc) is 2.10. The molecule has 0 aliphatic rings. The minimum Gasteiger partial charge on any atom is -0.408 e. The SMILES string of the molecule is CNC(=O)Oc1c(C)cc(C)cc1Cl. The number of hydrogen-bond donors (Lipinski definition) is 1. The van der Waals surface area contributed by atoms with Crippen LogP contribution in [0.25, 0.3) is 0 Å². The first-order valence-corrected chi connectivity index (χ1v) is 4.58. The van der Waals surface area contributed by atoms with E-state index in [0.717, 1.165) is 11.1 Å². The monoisotopic (exact) mass is 213 g/mol. The van der Waals surface area contributed by atoms with E-state index in [4.69, 9.17) is 16.3 Å². The lowest BCUT2D eigenvalue weighted by molar-refractivity contribution is 0.202. The molecule has 0 unspecified atom stereocenters. The predicted octanol–water partition coefficient (Wildman–Crippen LogP) is 2.68. The van der Waals surface area contributed by atoms with E-state index in [0.29, 0.717) is 10.8 Å². The topological polar surface area (TPSA) is 38.3 Å². The molecule has 4 heteroatoms. The number of nitrogens with one attached hydrogen (secondary N) is 1. The molecule has 0 aliphatic carbocycles. The van der Waals surface area contributed by atoms with Crippen molar-refractivity contribution in [2.24, 2.45) is 0 Å². The molecule has 1 aromatic carbocycles. The molecule has 0 heterocycles. The lowest BCUT2D eigenvalue weighted by atomic mass is 10.1. The molecule has 0 spiro atoms. The third kappa shape index (κ3) is 2.39. The standard InChI is InChI=1S/C10H12ClNO2/c1-6-4-7(2)9(8(11)5-6)14-10(13)12-3/h4-5H,1-3H3,(H,12,13). The highest BCUT2D eigenvalue weighted by Crippen LogP contribution is 2.29. The van der Waals surface area contributed by atoms with E-state index in [2.05, 4.69) is 5.32 Å². The summed E-state index contributed by atoms with van der Waals surface area (Å²) in [6.07, 6.45) is -0.515. The molecule has 0 radical (unpaired) electrons. The molecular formula is C10H12ClNO2. The van der Waals surface area contributed by atoms with Crippen LogP contribution < -0.4 is 10.1 Å². The number of aryl methyl sites for hydroxylation is 2. The Morgan fingerprint density at radius 3 is 2.57 bits per heavy atom. The second kappa shape index (κ2) is 4.33. The van der Waals surface area contributed by atoms with Crippen LogP contribution in [0.3, 0.4) is 0 Å². The van der Waals surface area contributed by atoms with E-state index in [1.807, 2.05) is 19.9 Å². The van der Waals surface area contributed by atoms with Crippen molar-refractivity contribution in [2.45, 2.75) is 13.8 Å². The van der Waals surface area contributed by atoms with Crippen LogP contribution in [-0.2, 0) is 0 Å². The molecule has 0 atom stereocenters. The molecule has 76 valence electrons. The van der Waals surface area contributed by atoms with E-state index in [1.165, 1.54) is 7.05 Å². The van der Waals surface area contributed by atoms with Crippen LogP contribution in [0.15, 0.2) is 12.1 Å². The molecule has 3 nitrogen and oxygen atoms in total. The first-order chi connectivity index (χ1) is 6.54. The summed E-state index contributed by atoms with van der Waals surface area (Å²) in [7, 11) is 1.50. The van der Waals surface area contributed by atoms with Gasteiger partial charge in [-0.1, -0.05) is 17.7 Å². The number of carbonyl (C=O) groups excluding carboxylic acids is 1. The van der Waals surface area contributed by atoms with Crippen molar-refractivity contribution < 1.29 is 9.53 Å². The molecule has 1 N–H and O–H groups in total. The van der Waals surface area contributed by atoms with Gasteiger partial charge in [-0.2, -0.15) is 0 Å². The van der Waals surface area contributed by atoms with Crippen molar-refractivity contribution in [3.63, 3.8) is 0 Å². The van der Waals surface area contributed by atoms with Gasteiger partial charge in [0.1, 0.15) is 0 Å². The molecule has 0 aromatic heterocycles. The van der Waals surface area contributed by atoms with Gasteiger partial charge in [-0.25, -0.2) is 4.79 Å². The van der Waals surface area contributed by atoms with E-state index in [-0.39, 0.29) is 0 Å².